The highest BCUT2D eigenvalue weighted by Gasteiger charge is 1.88. The van der Waals surface area contributed by atoms with E-state index < -0.39 is 6.09 Å². The van der Waals surface area contributed by atoms with Crippen LogP contribution in [0.15, 0.2) is 23.8 Å². The van der Waals surface area contributed by atoms with Crippen molar-refractivity contribution in [1.82, 2.24) is 0 Å². The molecule has 0 aromatic rings. The molecule has 0 bridgehead atoms. The molecule has 0 aliphatic carbocycles. The number of primary amides is 1. The van der Waals surface area contributed by atoms with Gasteiger partial charge >= 0.3 is 6.09 Å². The minimum absolute atomic E-state index is 0.243. The lowest BCUT2D eigenvalue weighted by Gasteiger charge is -1.96. The summed E-state index contributed by atoms with van der Waals surface area (Å²) in [6.45, 7) is 4.28. The Labute approximate surface area is 72.9 Å². The first-order valence-corrected chi connectivity index (χ1v) is 3.94. The Kier molecular flexibility index (Phi) is 5.79. The summed E-state index contributed by atoms with van der Waals surface area (Å²) in [5.74, 6) is 0. The van der Waals surface area contributed by atoms with Gasteiger partial charge in [-0.2, -0.15) is 0 Å². The van der Waals surface area contributed by atoms with Crippen LogP contribution in [0.1, 0.15) is 20.3 Å². The van der Waals surface area contributed by atoms with Crippen molar-refractivity contribution in [2.24, 2.45) is 5.73 Å². The molecule has 68 valence electrons. The van der Waals surface area contributed by atoms with Crippen LogP contribution in [-0.4, -0.2) is 12.7 Å². The molecular weight excluding hydrogens is 154 g/mol. The summed E-state index contributed by atoms with van der Waals surface area (Å²) < 4.78 is 4.51. The number of ether oxygens (including phenoxy) is 1. The van der Waals surface area contributed by atoms with Crippen molar-refractivity contribution < 1.29 is 9.53 Å². The van der Waals surface area contributed by atoms with Gasteiger partial charge in [0.05, 0.1) is 0 Å². The number of hydrogen-bond acceptors (Lipinski definition) is 2. The van der Waals surface area contributed by atoms with E-state index in [1.165, 1.54) is 5.57 Å². The lowest BCUT2D eigenvalue weighted by Crippen LogP contribution is -2.12. The van der Waals surface area contributed by atoms with E-state index in [0.717, 1.165) is 6.42 Å². The van der Waals surface area contributed by atoms with Gasteiger partial charge in [0.25, 0.3) is 0 Å². The number of carbonyl (C=O) groups excluding carboxylic acids is 1. The normalized spacial score (nSPS) is 12.0. The SMILES string of the molecule is C/C=C(/C=C/COC(N)=O)CC. The molecule has 0 unspecified atom stereocenters. The lowest BCUT2D eigenvalue weighted by molar-refractivity contribution is 0.169. The quantitative estimate of drug-likeness (QED) is 0.654. The second-order valence-corrected chi connectivity index (χ2v) is 2.25. The predicted molar refractivity (Wildman–Crippen MR) is 48.7 cm³/mol. The van der Waals surface area contributed by atoms with Crippen LogP contribution < -0.4 is 5.73 Å². The van der Waals surface area contributed by atoms with Gasteiger partial charge in [-0.1, -0.05) is 24.6 Å². The number of rotatable bonds is 4. The Morgan fingerprint density at radius 1 is 1.58 bits per heavy atom. The molecule has 0 heterocycles. The van der Waals surface area contributed by atoms with Gasteiger partial charge in [0.1, 0.15) is 6.61 Å². The van der Waals surface area contributed by atoms with Crippen LogP contribution in [-0.2, 0) is 4.74 Å². The van der Waals surface area contributed by atoms with E-state index in [9.17, 15) is 4.79 Å². The van der Waals surface area contributed by atoms with Crippen LogP contribution in [0.2, 0.25) is 0 Å². The monoisotopic (exact) mass is 169 g/mol. The Hall–Kier alpha value is -1.25. The molecule has 0 rings (SSSR count). The highest BCUT2D eigenvalue weighted by atomic mass is 16.5. The third-order valence-electron chi connectivity index (χ3n) is 1.43. The van der Waals surface area contributed by atoms with E-state index in [0.29, 0.717) is 0 Å². The van der Waals surface area contributed by atoms with E-state index in [4.69, 9.17) is 5.73 Å². The maximum Gasteiger partial charge on any atom is 0.404 e. The molecule has 12 heavy (non-hydrogen) atoms. The van der Waals surface area contributed by atoms with E-state index in [1.807, 2.05) is 19.1 Å². The number of allylic oxidation sites excluding steroid dienone is 3. The Morgan fingerprint density at radius 2 is 2.25 bits per heavy atom. The molecule has 1 amide bonds. The third-order valence-corrected chi connectivity index (χ3v) is 1.43. The van der Waals surface area contributed by atoms with Crippen molar-refractivity contribution in [3.63, 3.8) is 0 Å². The van der Waals surface area contributed by atoms with E-state index in [-0.39, 0.29) is 6.61 Å². The Balaban J connectivity index is 3.68. The van der Waals surface area contributed by atoms with Crippen molar-refractivity contribution >= 4 is 6.09 Å². The fourth-order valence-corrected chi connectivity index (χ4v) is 0.748. The molecular formula is C9H15NO2. The average molecular weight is 169 g/mol. The van der Waals surface area contributed by atoms with Crippen LogP contribution in [0, 0.1) is 0 Å². The molecule has 0 aliphatic rings. The number of carbonyl (C=O) groups is 1. The molecule has 0 saturated heterocycles. The fraction of sp³-hybridized carbons (Fsp3) is 0.444. The fourth-order valence-electron chi connectivity index (χ4n) is 0.748. The number of nitrogens with two attached hydrogens (primary N) is 1. The molecule has 0 fully saturated rings. The van der Waals surface area contributed by atoms with E-state index in [2.05, 4.69) is 11.7 Å². The highest BCUT2D eigenvalue weighted by molar-refractivity contribution is 5.64. The van der Waals surface area contributed by atoms with Crippen molar-refractivity contribution in [3.8, 4) is 0 Å². The molecule has 0 saturated carbocycles. The van der Waals surface area contributed by atoms with Crippen molar-refractivity contribution in [2.75, 3.05) is 6.61 Å². The van der Waals surface area contributed by atoms with E-state index >= 15 is 0 Å². The molecule has 0 atom stereocenters. The zero-order valence-electron chi connectivity index (χ0n) is 7.54. The van der Waals surface area contributed by atoms with Gasteiger partial charge in [-0.05, 0) is 19.4 Å². The summed E-state index contributed by atoms with van der Waals surface area (Å²) in [5, 5.41) is 0. The van der Waals surface area contributed by atoms with Crippen molar-refractivity contribution in [3.05, 3.63) is 23.8 Å². The Bertz CT molecular complexity index is 195. The molecule has 0 aromatic heterocycles. The molecule has 0 aromatic carbocycles. The first kappa shape index (κ1) is 10.8. The maximum absolute atomic E-state index is 10.1. The summed E-state index contributed by atoms with van der Waals surface area (Å²) in [5.41, 5.74) is 5.98. The van der Waals surface area contributed by atoms with Gasteiger partial charge in [-0.3, -0.25) is 0 Å². The second kappa shape index (κ2) is 6.46. The largest absolute Gasteiger partial charge is 0.445 e. The van der Waals surface area contributed by atoms with Crippen molar-refractivity contribution in [1.29, 1.82) is 0 Å². The standard InChI is InChI=1S/C9H15NO2/c1-3-8(4-2)6-5-7-12-9(10)11/h3,5-6H,4,7H2,1-2H3,(H2,10,11)/b6-5+,8-3+. The van der Waals surface area contributed by atoms with Crippen LogP contribution in [0.5, 0.6) is 0 Å². The zero-order chi connectivity index (χ0) is 9.40. The van der Waals surface area contributed by atoms with Gasteiger partial charge < -0.3 is 10.5 Å². The van der Waals surface area contributed by atoms with Gasteiger partial charge in [0.15, 0.2) is 0 Å². The smallest absolute Gasteiger partial charge is 0.404 e. The molecule has 2 N–H and O–H groups in total. The summed E-state index contributed by atoms with van der Waals surface area (Å²) >= 11 is 0. The summed E-state index contributed by atoms with van der Waals surface area (Å²) in [6, 6.07) is 0. The average Bonchev–Trinajstić information content (AvgIpc) is 2.04. The summed E-state index contributed by atoms with van der Waals surface area (Å²) in [6.07, 6.45) is 5.94. The van der Waals surface area contributed by atoms with E-state index in [1.54, 1.807) is 6.08 Å². The van der Waals surface area contributed by atoms with Gasteiger partial charge in [0.2, 0.25) is 0 Å². The van der Waals surface area contributed by atoms with Crippen LogP contribution >= 0.6 is 0 Å². The molecule has 0 spiro atoms. The Morgan fingerprint density at radius 3 is 2.67 bits per heavy atom. The molecule has 0 aliphatic heterocycles. The minimum Gasteiger partial charge on any atom is -0.445 e. The number of amides is 1. The van der Waals surface area contributed by atoms with Gasteiger partial charge in [-0.25, -0.2) is 4.79 Å². The molecule has 0 radical (unpaired) electrons. The number of hydrogen-bond donors (Lipinski definition) is 1. The van der Waals surface area contributed by atoms with Crippen LogP contribution in [0.25, 0.3) is 0 Å². The first-order chi connectivity index (χ1) is 5.70. The first-order valence-electron chi connectivity index (χ1n) is 3.94. The topological polar surface area (TPSA) is 52.3 Å². The second-order valence-electron chi connectivity index (χ2n) is 2.25. The minimum atomic E-state index is -0.738. The van der Waals surface area contributed by atoms with Crippen LogP contribution in [0.4, 0.5) is 4.79 Å². The van der Waals surface area contributed by atoms with Gasteiger partial charge in [-0.15, -0.1) is 0 Å². The van der Waals surface area contributed by atoms with Crippen LogP contribution in [0.3, 0.4) is 0 Å². The maximum atomic E-state index is 10.1. The third kappa shape index (κ3) is 5.53. The van der Waals surface area contributed by atoms with Gasteiger partial charge in [0, 0.05) is 0 Å². The predicted octanol–water partition coefficient (Wildman–Crippen LogP) is 1.99. The zero-order valence-corrected chi connectivity index (χ0v) is 7.54. The molecule has 3 nitrogen and oxygen atoms in total. The lowest BCUT2D eigenvalue weighted by atomic mass is 10.2. The van der Waals surface area contributed by atoms with Crippen molar-refractivity contribution in [2.45, 2.75) is 20.3 Å². The highest BCUT2D eigenvalue weighted by Crippen LogP contribution is 2.00. The summed E-state index contributed by atoms with van der Waals surface area (Å²) in [7, 11) is 0. The molecule has 3 heteroatoms. The summed E-state index contributed by atoms with van der Waals surface area (Å²) in [4.78, 5) is 10.1.